The molecule has 0 aromatic rings. The van der Waals surface area contributed by atoms with Gasteiger partial charge in [0.15, 0.2) is 0 Å². The number of carbonyl (C=O) groups is 2. The second-order valence-electron chi connectivity index (χ2n) is 6.79. The second kappa shape index (κ2) is 6.86. The average Bonchev–Trinajstić information content (AvgIpc) is 2.40. The van der Waals surface area contributed by atoms with E-state index < -0.39 is 5.97 Å². The Hall–Kier alpha value is -1.30. The Bertz CT molecular complexity index is 409. The zero-order chi connectivity index (χ0) is 16.3. The van der Waals surface area contributed by atoms with Crippen LogP contribution >= 0.6 is 0 Å². The molecule has 1 saturated carbocycles. The summed E-state index contributed by atoms with van der Waals surface area (Å²) in [6.45, 7) is 8.91. The number of likely N-dealkylation sites (tertiary alicyclic amines) is 1. The fourth-order valence-electron chi connectivity index (χ4n) is 3.55. The van der Waals surface area contributed by atoms with Crippen molar-refractivity contribution >= 4 is 12.0 Å². The smallest absolute Gasteiger partial charge is 0.317 e. The van der Waals surface area contributed by atoms with Crippen LogP contribution in [0.25, 0.3) is 0 Å². The molecule has 0 atom stereocenters. The standard InChI is InChI=1S/C16H29N3O3/c1-4-16(5-2)10-19(11-16)15(22)17-12-7-13(8-12)18(6-3)9-14(20)21/h12-13H,4-11H2,1-3H3,(H,17,22)(H,20,21). The summed E-state index contributed by atoms with van der Waals surface area (Å²) in [5.41, 5.74) is 0.333. The molecule has 0 unspecified atom stereocenters. The van der Waals surface area contributed by atoms with Crippen molar-refractivity contribution in [3.63, 3.8) is 0 Å². The number of likely N-dealkylation sites (N-methyl/N-ethyl adjacent to an activating group) is 1. The van der Waals surface area contributed by atoms with Crippen LogP contribution in [0.1, 0.15) is 46.5 Å². The minimum atomic E-state index is -0.787. The van der Waals surface area contributed by atoms with Crippen molar-refractivity contribution in [2.24, 2.45) is 5.41 Å². The van der Waals surface area contributed by atoms with Gasteiger partial charge in [0.2, 0.25) is 0 Å². The molecule has 0 spiro atoms. The highest BCUT2D eigenvalue weighted by molar-refractivity contribution is 5.75. The van der Waals surface area contributed by atoms with Gasteiger partial charge < -0.3 is 15.3 Å². The molecule has 6 heteroatoms. The third-order valence-corrected chi connectivity index (χ3v) is 5.54. The fraction of sp³-hybridized carbons (Fsp3) is 0.875. The summed E-state index contributed by atoms with van der Waals surface area (Å²) in [5.74, 6) is -0.787. The number of nitrogens with one attached hydrogen (secondary N) is 1. The first-order valence-electron chi connectivity index (χ1n) is 8.44. The number of carboxylic acids is 1. The maximum absolute atomic E-state index is 12.2. The molecule has 22 heavy (non-hydrogen) atoms. The highest BCUT2D eigenvalue weighted by atomic mass is 16.4. The molecule has 0 radical (unpaired) electrons. The largest absolute Gasteiger partial charge is 0.480 e. The summed E-state index contributed by atoms with van der Waals surface area (Å²) >= 11 is 0. The molecule has 0 bridgehead atoms. The van der Waals surface area contributed by atoms with Crippen LogP contribution in [-0.4, -0.2) is 65.2 Å². The number of hydrogen-bond donors (Lipinski definition) is 2. The number of nitrogens with zero attached hydrogens (tertiary/aromatic N) is 2. The number of aliphatic carboxylic acids is 1. The average molecular weight is 311 g/mol. The molecule has 0 aromatic heterocycles. The molecule has 126 valence electrons. The molecule has 1 aliphatic carbocycles. The van der Waals surface area contributed by atoms with Gasteiger partial charge in [0.25, 0.3) is 0 Å². The first-order valence-corrected chi connectivity index (χ1v) is 8.44. The zero-order valence-electron chi connectivity index (χ0n) is 14.0. The van der Waals surface area contributed by atoms with Gasteiger partial charge in [0.1, 0.15) is 0 Å². The summed E-state index contributed by atoms with van der Waals surface area (Å²) in [7, 11) is 0. The Kier molecular flexibility index (Phi) is 5.32. The highest BCUT2D eigenvalue weighted by Gasteiger charge is 2.43. The normalized spacial score (nSPS) is 26.3. The summed E-state index contributed by atoms with van der Waals surface area (Å²) in [4.78, 5) is 26.9. The minimum Gasteiger partial charge on any atom is -0.480 e. The van der Waals surface area contributed by atoms with Gasteiger partial charge in [0, 0.05) is 30.6 Å². The first kappa shape index (κ1) is 17.1. The van der Waals surface area contributed by atoms with Crippen molar-refractivity contribution in [2.75, 3.05) is 26.2 Å². The summed E-state index contributed by atoms with van der Waals surface area (Å²) in [5, 5.41) is 12.0. The monoisotopic (exact) mass is 311 g/mol. The van der Waals surface area contributed by atoms with Crippen molar-refractivity contribution < 1.29 is 14.7 Å². The number of rotatable bonds is 7. The Morgan fingerprint density at radius 3 is 2.27 bits per heavy atom. The van der Waals surface area contributed by atoms with E-state index in [1.54, 1.807) is 0 Å². The zero-order valence-corrected chi connectivity index (χ0v) is 14.0. The lowest BCUT2D eigenvalue weighted by Crippen LogP contribution is -2.63. The maximum atomic E-state index is 12.2. The van der Waals surface area contributed by atoms with Crippen molar-refractivity contribution in [3.05, 3.63) is 0 Å². The van der Waals surface area contributed by atoms with Gasteiger partial charge in [-0.1, -0.05) is 20.8 Å². The summed E-state index contributed by atoms with van der Waals surface area (Å²) < 4.78 is 0. The molecule has 1 aliphatic heterocycles. The lowest BCUT2D eigenvalue weighted by Gasteiger charge is -2.51. The number of amides is 2. The molecular weight excluding hydrogens is 282 g/mol. The Morgan fingerprint density at radius 2 is 1.82 bits per heavy atom. The number of carbonyl (C=O) groups excluding carboxylic acids is 1. The Labute approximate surface area is 132 Å². The molecule has 2 aliphatic rings. The molecule has 2 fully saturated rings. The van der Waals surface area contributed by atoms with E-state index in [0.29, 0.717) is 5.41 Å². The topological polar surface area (TPSA) is 72.9 Å². The first-order chi connectivity index (χ1) is 10.4. The van der Waals surface area contributed by atoms with E-state index in [2.05, 4.69) is 19.2 Å². The van der Waals surface area contributed by atoms with E-state index in [1.807, 2.05) is 16.7 Å². The van der Waals surface area contributed by atoms with Crippen LogP contribution in [0.2, 0.25) is 0 Å². The molecule has 2 N–H and O–H groups in total. The van der Waals surface area contributed by atoms with Gasteiger partial charge in [-0.2, -0.15) is 0 Å². The van der Waals surface area contributed by atoms with E-state index >= 15 is 0 Å². The molecule has 1 saturated heterocycles. The van der Waals surface area contributed by atoms with Gasteiger partial charge in [-0.15, -0.1) is 0 Å². The fourth-order valence-corrected chi connectivity index (χ4v) is 3.55. The van der Waals surface area contributed by atoms with Crippen LogP contribution in [0.3, 0.4) is 0 Å². The molecule has 2 amide bonds. The second-order valence-corrected chi connectivity index (χ2v) is 6.79. The minimum absolute atomic E-state index is 0.0438. The predicted octanol–water partition coefficient (Wildman–Crippen LogP) is 1.76. The van der Waals surface area contributed by atoms with Crippen LogP contribution in [0, 0.1) is 5.41 Å². The highest BCUT2D eigenvalue weighted by Crippen LogP contribution is 2.37. The molecule has 0 aromatic carbocycles. The summed E-state index contributed by atoms with van der Waals surface area (Å²) in [6, 6.07) is 0.522. The van der Waals surface area contributed by atoms with E-state index in [1.165, 1.54) is 0 Å². The number of hydrogen-bond acceptors (Lipinski definition) is 3. The molecular formula is C16H29N3O3. The third-order valence-electron chi connectivity index (χ3n) is 5.54. The Morgan fingerprint density at radius 1 is 1.23 bits per heavy atom. The van der Waals surface area contributed by atoms with Crippen LogP contribution in [0.4, 0.5) is 4.79 Å². The van der Waals surface area contributed by atoms with Crippen molar-refractivity contribution in [3.8, 4) is 0 Å². The van der Waals surface area contributed by atoms with Crippen molar-refractivity contribution in [2.45, 2.75) is 58.5 Å². The van der Waals surface area contributed by atoms with E-state index in [-0.39, 0.29) is 24.7 Å². The maximum Gasteiger partial charge on any atom is 0.317 e. The lowest BCUT2D eigenvalue weighted by atomic mass is 9.75. The van der Waals surface area contributed by atoms with Crippen LogP contribution < -0.4 is 5.32 Å². The Balaban J connectivity index is 1.70. The van der Waals surface area contributed by atoms with Gasteiger partial charge in [0.05, 0.1) is 6.54 Å². The number of urea groups is 1. The van der Waals surface area contributed by atoms with Crippen LogP contribution in [-0.2, 0) is 4.79 Å². The van der Waals surface area contributed by atoms with Crippen molar-refractivity contribution in [1.82, 2.24) is 15.1 Å². The third kappa shape index (κ3) is 3.54. The lowest BCUT2D eigenvalue weighted by molar-refractivity contribution is -0.139. The van der Waals surface area contributed by atoms with E-state index in [0.717, 1.165) is 45.3 Å². The van der Waals surface area contributed by atoms with Crippen LogP contribution in [0.15, 0.2) is 0 Å². The molecule has 2 rings (SSSR count). The van der Waals surface area contributed by atoms with Gasteiger partial charge in [-0.25, -0.2) is 4.79 Å². The van der Waals surface area contributed by atoms with Gasteiger partial charge in [-0.05, 0) is 32.2 Å². The van der Waals surface area contributed by atoms with E-state index in [4.69, 9.17) is 5.11 Å². The predicted molar refractivity (Wildman–Crippen MR) is 84.8 cm³/mol. The van der Waals surface area contributed by atoms with Gasteiger partial charge >= 0.3 is 12.0 Å². The number of carboxylic acid groups (broad SMARTS) is 1. The molecule has 1 heterocycles. The van der Waals surface area contributed by atoms with E-state index in [9.17, 15) is 9.59 Å². The quantitative estimate of drug-likeness (QED) is 0.751. The molecule has 6 nitrogen and oxygen atoms in total. The van der Waals surface area contributed by atoms with Crippen molar-refractivity contribution in [1.29, 1.82) is 0 Å². The summed E-state index contributed by atoms with van der Waals surface area (Å²) in [6.07, 6.45) is 3.96. The SMILES string of the molecule is CCN(CC(=O)O)C1CC(NC(=O)N2CC(CC)(CC)C2)C1. The van der Waals surface area contributed by atoms with Crippen LogP contribution in [0.5, 0.6) is 0 Å². The van der Waals surface area contributed by atoms with Gasteiger partial charge in [-0.3, -0.25) is 9.69 Å².